The van der Waals surface area contributed by atoms with Gasteiger partial charge in [-0.1, -0.05) is 49.1 Å². The smallest absolute Gasteiger partial charge is 0.308 e. The van der Waals surface area contributed by atoms with E-state index < -0.39 is 21.9 Å². The summed E-state index contributed by atoms with van der Waals surface area (Å²) in [4.78, 5) is 15.7. The normalized spacial score (nSPS) is 25.3. The molecule has 0 amide bonds. The predicted molar refractivity (Wildman–Crippen MR) is 138 cm³/mol. The second-order valence-electron chi connectivity index (χ2n) is 9.97. The third-order valence-corrected chi connectivity index (χ3v) is 10.2. The Hall–Kier alpha value is -2.29. The van der Waals surface area contributed by atoms with Crippen molar-refractivity contribution in [1.29, 1.82) is 0 Å². The van der Waals surface area contributed by atoms with Crippen molar-refractivity contribution >= 4 is 44.7 Å². The molecule has 1 saturated carbocycles. The van der Waals surface area contributed by atoms with E-state index >= 15 is 0 Å². The van der Waals surface area contributed by atoms with E-state index in [0.717, 1.165) is 31.4 Å². The Morgan fingerprint density at radius 3 is 2.37 bits per heavy atom. The second kappa shape index (κ2) is 9.64. The third kappa shape index (κ3) is 4.52. The average molecular weight is 518 g/mol. The second-order valence-corrected chi connectivity index (χ2v) is 12.3. The van der Waals surface area contributed by atoms with Crippen molar-refractivity contribution in [2.45, 2.75) is 49.5 Å². The van der Waals surface area contributed by atoms with Gasteiger partial charge in [-0.15, -0.1) is 0 Å². The maximum Gasteiger partial charge on any atom is 0.308 e. The van der Waals surface area contributed by atoms with Crippen LogP contribution in [0.4, 0.5) is 17.1 Å². The van der Waals surface area contributed by atoms with Gasteiger partial charge in [0.05, 0.1) is 22.3 Å². The Balaban J connectivity index is 1.63. The molecule has 0 unspecified atom stereocenters. The van der Waals surface area contributed by atoms with Crippen LogP contribution in [-0.4, -0.2) is 56.5 Å². The number of aliphatic carboxylic acids is 1. The molecule has 2 heterocycles. The van der Waals surface area contributed by atoms with E-state index in [1.165, 1.54) is 6.42 Å². The molecule has 9 heteroatoms. The molecule has 188 valence electrons. The highest BCUT2D eigenvalue weighted by molar-refractivity contribution is 7.89. The van der Waals surface area contributed by atoms with E-state index in [1.807, 2.05) is 35.2 Å². The molecule has 5 rings (SSSR count). The highest BCUT2D eigenvalue weighted by atomic mass is 35.5. The van der Waals surface area contributed by atoms with Gasteiger partial charge in [-0.3, -0.25) is 4.79 Å². The number of fused-ring (bicyclic) bond motifs is 1. The van der Waals surface area contributed by atoms with Gasteiger partial charge in [0, 0.05) is 38.4 Å². The molecule has 2 aromatic rings. The third-order valence-electron chi connectivity index (χ3n) is 7.95. The Kier molecular flexibility index (Phi) is 6.72. The van der Waals surface area contributed by atoms with E-state index in [9.17, 15) is 18.3 Å². The maximum atomic E-state index is 14.0. The number of sulfonamides is 1. The first-order chi connectivity index (χ1) is 16.8. The molecule has 1 aliphatic carbocycles. The highest BCUT2D eigenvalue weighted by Crippen LogP contribution is 2.45. The summed E-state index contributed by atoms with van der Waals surface area (Å²) in [5, 5.41) is 9.87. The fourth-order valence-electron chi connectivity index (χ4n) is 5.92. The van der Waals surface area contributed by atoms with Crippen molar-refractivity contribution in [2.24, 2.45) is 11.8 Å². The van der Waals surface area contributed by atoms with Crippen molar-refractivity contribution < 1.29 is 18.3 Å². The summed E-state index contributed by atoms with van der Waals surface area (Å²) in [7, 11) is -2.10. The zero-order valence-corrected chi connectivity index (χ0v) is 21.5. The number of para-hydroxylation sites is 1. The summed E-state index contributed by atoms with van der Waals surface area (Å²) in [6.07, 6.45) is 6.02. The molecular formula is C26H32ClN3O4S. The molecule has 1 N–H and O–H groups in total. The molecule has 1 saturated heterocycles. The summed E-state index contributed by atoms with van der Waals surface area (Å²) < 4.78 is 29.7. The van der Waals surface area contributed by atoms with Gasteiger partial charge in [-0.2, -0.15) is 4.31 Å². The van der Waals surface area contributed by atoms with Crippen molar-refractivity contribution in [3.05, 3.63) is 47.5 Å². The lowest BCUT2D eigenvalue weighted by molar-refractivity contribution is -0.140. The minimum Gasteiger partial charge on any atom is -0.481 e. The minimum absolute atomic E-state index is 0.154. The number of anilines is 3. The number of carboxylic acid groups (broad SMARTS) is 1. The van der Waals surface area contributed by atoms with Crippen LogP contribution >= 0.6 is 11.6 Å². The number of hydrogen-bond acceptors (Lipinski definition) is 5. The average Bonchev–Trinajstić information content (AvgIpc) is 3.33. The SMILES string of the molecule is CN1[C@H](C2CCCCC2)CN(c2ccccc2)c2cc(Cl)c(N3CC[C@@H](C(=O)O)C3)cc2S1(=O)=O. The van der Waals surface area contributed by atoms with E-state index in [4.69, 9.17) is 11.6 Å². The van der Waals surface area contributed by atoms with E-state index in [-0.39, 0.29) is 10.9 Å². The van der Waals surface area contributed by atoms with Gasteiger partial charge in [0.2, 0.25) is 10.0 Å². The molecule has 0 bridgehead atoms. The summed E-state index contributed by atoms with van der Waals surface area (Å²) in [5.41, 5.74) is 2.08. The number of carboxylic acids is 1. The van der Waals surface area contributed by atoms with Crippen LogP contribution in [-0.2, 0) is 14.8 Å². The van der Waals surface area contributed by atoms with E-state index in [2.05, 4.69) is 4.90 Å². The van der Waals surface area contributed by atoms with Crippen LogP contribution in [0.3, 0.4) is 0 Å². The van der Waals surface area contributed by atoms with Crippen molar-refractivity contribution in [1.82, 2.24) is 4.31 Å². The van der Waals surface area contributed by atoms with Crippen LogP contribution < -0.4 is 9.80 Å². The lowest BCUT2D eigenvalue weighted by atomic mass is 9.83. The van der Waals surface area contributed by atoms with E-state index in [1.54, 1.807) is 23.5 Å². The molecule has 35 heavy (non-hydrogen) atoms. The lowest BCUT2D eigenvalue weighted by Crippen LogP contribution is -2.46. The molecule has 0 radical (unpaired) electrons. The summed E-state index contributed by atoms with van der Waals surface area (Å²) in [6.45, 7) is 1.40. The number of hydrogen-bond donors (Lipinski definition) is 1. The van der Waals surface area contributed by atoms with Crippen LogP contribution in [0.2, 0.25) is 5.02 Å². The number of carbonyl (C=O) groups is 1. The molecule has 2 atom stereocenters. The Labute approximate surface area is 212 Å². The summed E-state index contributed by atoms with van der Waals surface area (Å²) in [6, 6.07) is 13.1. The minimum atomic E-state index is -3.81. The van der Waals surface area contributed by atoms with Crippen molar-refractivity contribution in [3.63, 3.8) is 0 Å². The fourth-order valence-corrected chi connectivity index (χ4v) is 7.80. The molecule has 2 aromatic carbocycles. The molecular weight excluding hydrogens is 486 g/mol. The molecule has 2 fully saturated rings. The first-order valence-electron chi connectivity index (χ1n) is 12.4. The van der Waals surface area contributed by atoms with Gasteiger partial charge < -0.3 is 14.9 Å². The summed E-state index contributed by atoms with van der Waals surface area (Å²) >= 11 is 6.76. The van der Waals surface area contributed by atoms with Gasteiger partial charge >= 0.3 is 5.97 Å². The largest absolute Gasteiger partial charge is 0.481 e. The van der Waals surface area contributed by atoms with E-state index in [0.29, 0.717) is 48.4 Å². The standard InChI is InChI=1S/C26H32ClN3O4S/c1-28-24(18-8-4-2-5-9-18)17-30(20-10-6-3-7-11-20)23-14-21(27)22(15-25(23)35(28,33)34)29-13-12-19(16-29)26(31)32/h3,6-7,10-11,14-15,18-19,24H,2,4-5,8-9,12-13,16-17H2,1H3,(H,31,32)/t19-,24+/m1/s1. The predicted octanol–water partition coefficient (Wildman–Crippen LogP) is 4.97. The molecule has 2 aliphatic heterocycles. The maximum absolute atomic E-state index is 14.0. The van der Waals surface area contributed by atoms with Crippen molar-refractivity contribution in [3.8, 4) is 0 Å². The van der Waals surface area contributed by atoms with Gasteiger partial charge in [-0.25, -0.2) is 8.42 Å². The number of benzene rings is 2. The van der Waals surface area contributed by atoms with Crippen LogP contribution in [0, 0.1) is 11.8 Å². The molecule has 7 nitrogen and oxygen atoms in total. The highest BCUT2D eigenvalue weighted by Gasteiger charge is 2.41. The van der Waals surface area contributed by atoms with Crippen LogP contribution in [0.1, 0.15) is 38.5 Å². The lowest BCUT2D eigenvalue weighted by Gasteiger charge is -2.36. The summed E-state index contributed by atoms with van der Waals surface area (Å²) in [5.74, 6) is -1.02. The first-order valence-corrected chi connectivity index (χ1v) is 14.2. The number of halogens is 1. The van der Waals surface area contributed by atoms with Gasteiger partial charge in [0.25, 0.3) is 0 Å². The first kappa shape index (κ1) is 24.4. The number of likely N-dealkylation sites (N-methyl/N-ethyl adjacent to an activating group) is 1. The van der Waals surface area contributed by atoms with Crippen molar-refractivity contribution in [2.75, 3.05) is 36.5 Å². The monoisotopic (exact) mass is 517 g/mol. The topological polar surface area (TPSA) is 81.2 Å². The van der Waals surface area contributed by atoms with Crippen LogP contribution in [0.5, 0.6) is 0 Å². The zero-order chi connectivity index (χ0) is 24.7. The fraction of sp³-hybridized carbons (Fsp3) is 0.500. The van der Waals surface area contributed by atoms with Gasteiger partial charge in [-0.05, 0) is 49.4 Å². The van der Waals surface area contributed by atoms with Gasteiger partial charge in [0.15, 0.2) is 0 Å². The quantitative estimate of drug-likeness (QED) is 0.616. The Morgan fingerprint density at radius 2 is 1.71 bits per heavy atom. The number of rotatable bonds is 4. The van der Waals surface area contributed by atoms with Gasteiger partial charge in [0.1, 0.15) is 4.90 Å². The Morgan fingerprint density at radius 1 is 1.00 bits per heavy atom. The Bertz CT molecular complexity index is 1200. The molecule has 0 aromatic heterocycles. The molecule has 0 spiro atoms. The molecule has 3 aliphatic rings. The zero-order valence-electron chi connectivity index (χ0n) is 19.9. The van der Waals surface area contributed by atoms with Crippen LogP contribution in [0.15, 0.2) is 47.4 Å². The number of nitrogens with zero attached hydrogens (tertiary/aromatic N) is 3. The van der Waals surface area contributed by atoms with Crippen LogP contribution in [0.25, 0.3) is 0 Å².